The summed E-state index contributed by atoms with van der Waals surface area (Å²) in [5.41, 5.74) is -3.17. The Balaban J connectivity index is 2.06. The van der Waals surface area contributed by atoms with Crippen LogP contribution in [-0.4, -0.2) is 51.6 Å². The molecule has 8 nitrogen and oxygen atoms in total. The molecule has 0 saturated carbocycles. The topological polar surface area (TPSA) is 105 Å². The lowest BCUT2D eigenvalue weighted by atomic mass is 9.77. The monoisotopic (exact) mass is 396 g/mol. The molecule has 0 bridgehead atoms. The van der Waals surface area contributed by atoms with Gasteiger partial charge in [-0.05, 0) is 24.3 Å². The van der Waals surface area contributed by atoms with Crippen molar-refractivity contribution < 1.29 is 38.1 Å². The highest BCUT2D eigenvalue weighted by molar-refractivity contribution is 6.58. The zero-order chi connectivity index (χ0) is 21.1. The van der Waals surface area contributed by atoms with E-state index in [9.17, 15) is 19.2 Å². The average Bonchev–Trinajstić information content (AvgIpc) is 3.13. The van der Waals surface area contributed by atoms with Crippen LogP contribution < -0.4 is 18.9 Å². The van der Waals surface area contributed by atoms with Crippen LogP contribution in [0.2, 0.25) is 0 Å². The van der Waals surface area contributed by atoms with E-state index in [4.69, 9.17) is 18.9 Å². The van der Waals surface area contributed by atoms with E-state index < -0.39 is 28.5 Å². The number of hydrogen-bond donors (Lipinski definition) is 0. The van der Waals surface area contributed by atoms with Gasteiger partial charge in [0.2, 0.25) is 5.41 Å². The van der Waals surface area contributed by atoms with Crippen molar-refractivity contribution in [3.05, 3.63) is 46.5 Å². The van der Waals surface area contributed by atoms with Gasteiger partial charge in [0.05, 0.1) is 50.7 Å². The Morgan fingerprint density at radius 3 is 0.862 bits per heavy atom. The second-order valence-corrected chi connectivity index (χ2v) is 6.51. The lowest BCUT2D eigenvalue weighted by molar-refractivity contribution is 0.0585. The molecule has 0 radical (unpaired) electrons. The fourth-order valence-corrected chi connectivity index (χ4v) is 4.08. The van der Waals surface area contributed by atoms with E-state index in [0.29, 0.717) is 0 Å². The molecule has 0 heterocycles. The highest BCUT2D eigenvalue weighted by Crippen LogP contribution is 2.54. The van der Waals surface area contributed by atoms with Crippen molar-refractivity contribution in [2.75, 3.05) is 28.4 Å². The normalized spacial score (nSPS) is 16.1. The first-order valence-electron chi connectivity index (χ1n) is 8.59. The summed E-state index contributed by atoms with van der Waals surface area (Å²) in [5.74, 6) is -3.46. The van der Waals surface area contributed by atoms with Gasteiger partial charge in [0.15, 0.2) is 23.1 Å². The Labute approximate surface area is 165 Å². The van der Waals surface area contributed by atoms with Crippen molar-refractivity contribution >= 4 is 23.1 Å². The summed E-state index contributed by atoms with van der Waals surface area (Å²) in [7, 11) is 5.29. The molecule has 4 rings (SSSR count). The van der Waals surface area contributed by atoms with E-state index in [2.05, 4.69) is 0 Å². The predicted octanol–water partition coefficient (Wildman–Crippen LogP) is 2.17. The first-order valence-corrected chi connectivity index (χ1v) is 8.59. The maximum Gasteiger partial charge on any atom is 0.222 e. The Morgan fingerprint density at radius 1 is 0.483 bits per heavy atom. The summed E-state index contributed by atoms with van der Waals surface area (Å²) in [6.07, 6.45) is 0. The molecule has 0 amide bonds. The fourth-order valence-electron chi connectivity index (χ4n) is 4.08. The van der Waals surface area contributed by atoms with E-state index in [-0.39, 0.29) is 45.3 Å². The van der Waals surface area contributed by atoms with E-state index in [0.717, 1.165) is 0 Å². The van der Waals surface area contributed by atoms with Crippen LogP contribution in [0.5, 0.6) is 23.0 Å². The maximum atomic E-state index is 13.5. The molecule has 2 aromatic carbocycles. The van der Waals surface area contributed by atoms with E-state index in [1.807, 2.05) is 0 Å². The van der Waals surface area contributed by atoms with Gasteiger partial charge in [-0.25, -0.2) is 0 Å². The second kappa shape index (κ2) is 6.16. The van der Waals surface area contributed by atoms with E-state index >= 15 is 0 Å². The van der Waals surface area contributed by atoms with Gasteiger partial charge in [-0.1, -0.05) is 0 Å². The number of ketones is 4. The summed E-state index contributed by atoms with van der Waals surface area (Å²) in [6.45, 7) is 0. The third-order valence-electron chi connectivity index (χ3n) is 5.41. The largest absolute Gasteiger partial charge is 0.496 e. The van der Waals surface area contributed by atoms with Crippen molar-refractivity contribution in [1.29, 1.82) is 0 Å². The van der Waals surface area contributed by atoms with Crippen LogP contribution in [0.3, 0.4) is 0 Å². The second-order valence-electron chi connectivity index (χ2n) is 6.51. The molecule has 2 aliphatic rings. The Kier molecular flexibility index (Phi) is 3.97. The highest BCUT2D eigenvalue weighted by Gasteiger charge is 2.70. The van der Waals surface area contributed by atoms with Gasteiger partial charge >= 0.3 is 0 Å². The number of ether oxygens (including phenoxy) is 4. The minimum atomic E-state index is -2.57. The molecule has 0 atom stereocenters. The number of hydrogen-bond acceptors (Lipinski definition) is 8. The predicted molar refractivity (Wildman–Crippen MR) is 98.8 cm³/mol. The van der Waals surface area contributed by atoms with Gasteiger partial charge in [0.25, 0.3) is 0 Å². The van der Waals surface area contributed by atoms with Gasteiger partial charge in [0, 0.05) is 0 Å². The lowest BCUT2D eigenvalue weighted by Crippen LogP contribution is -2.44. The van der Waals surface area contributed by atoms with Crippen LogP contribution >= 0.6 is 0 Å². The molecule has 0 saturated heterocycles. The summed E-state index contributed by atoms with van der Waals surface area (Å²) < 4.78 is 20.9. The number of rotatable bonds is 4. The van der Waals surface area contributed by atoms with Crippen LogP contribution in [0.1, 0.15) is 41.4 Å². The Bertz CT molecular complexity index is 949. The van der Waals surface area contributed by atoms with Crippen LogP contribution in [0, 0.1) is 5.41 Å². The first-order chi connectivity index (χ1) is 13.9. The van der Waals surface area contributed by atoms with Gasteiger partial charge in [-0.2, -0.15) is 0 Å². The van der Waals surface area contributed by atoms with Crippen molar-refractivity contribution in [3.63, 3.8) is 0 Å². The molecule has 2 aromatic rings. The zero-order valence-electron chi connectivity index (χ0n) is 16.1. The third kappa shape index (κ3) is 1.98. The van der Waals surface area contributed by atoms with E-state index in [1.54, 1.807) is 0 Å². The smallest absolute Gasteiger partial charge is 0.222 e. The number of fused-ring (bicyclic) bond motifs is 2. The van der Waals surface area contributed by atoms with Crippen molar-refractivity contribution in [2.24, 2.45) is 5.41 Å². The lowest BCUT2D eigenvalue weighted by Gasteiger charge is -2.15. The SMILES string of the molecule is COc1ccc(OC)c2c1C(=O)C1(C2=O)C(=O)c2c(OC)ccc(OC)c2C1=O. The fraction of sp³-hybridized carbons (Fsp3) is 0.238. The molecule has 148 valence electrons. The molecule has 0 N–H and O–H groups in total. The van der Waals surface area contributed by atoms with Gasteiger partial charge < -0.3 is 18.9 Å². The Morgan fingerprint density at radius 2 is 0.690 bits per heavy atom. The molecular weight excluding hydrogens is 380 g/mol. The number of methoxy groups -OCH3 is 4. The van der Waals surface area contributed by atoms with Crippen LogP contribution in [0.4, 0.5) is 0 Å². The van der Waals surface area contributed by atoms with Gasteiger partial charge in [0.1, 0.15) is 23.0 Å². The van der Waals surface area contributed by atoms with Gasteiger partial charge in [-0.3, -0.25) is 19.2 Å². The molecular formula is C21H16O8. The van der Waals surface area contributed by atoms with Crippen LogP contribution in [-0.2, 0) is 0 Å². The molecule has 8 heteroatoms. The maximum absolute atomic E-state index is 13.5. The molecule has 1 spiro atoms. The van der Waals surface area contributed by atoms with Crippen LogP contribution in [0.15, 0.2) is 24.3 Å². The summed E-state index contributed by atoms with van der Waals surface area (Å²) in [6, 6.07) is 5.78. The summed E-state index contributed by atoms with van der Waals surface area (Å²) >= 11 is 0. The number of carbonyl (C=O) groups is 4. The Hall–Kier alpha value is -3.68. The van der Waals surface area contributed by atoms with Crippen molar-refractivity contribution in [1.82, 2.24) is 0 Å². The average molecular weight is 396 g/mol. The highest BCUT2D eigenvalue weighted by atomic mass is 16.5. The standard InChI is InChI=1S/C21H16O8/c1-26-9-5-6-10(27-2)14-13(9)17(22)21(18(14)23)19(24)15-11(28-3)7-8-12(29-4)16(15)20(21)25/h5-8H,1-4H3. The number of carbonyl (C=O) groups excluding carboxylic acids is 4. The molecule has 2 aliphatic carbocycles. The summed E-state index contributed by atoms with van der Waals surface area (Å²) in [5, 5.41) is 0. The molecule has 0 fully saturated rings. The minimum Gasteiger partial charge on any atom is -0.496 e. The quantitative estimate of drug-likeness (QED) is 0.724. The molecule has 0 aliphatic heterocycles. The zero-order valence-corrected chi connectivity index (χ0v) is 16.1. The molecule has 29 heavy (non-hydrogen) atoms. The molecule has 0 unspecified atom stereocenters. The van der Waals surface area contributed by atoms with Crippen LogP contribution in [0.25, 0.3) is 0 Å². The van der Waals surface area contributed by atoms with E-state index in [1.165, 1.54) is 52.7 Å². The first kappa shape index (κ1) is 18.7. The van der Waals surface area contributed by atoms with Crippen molar-refractivity contribution in [2.45, 2.75) is 0 Å². The third-order valence-corrected chi connectivity index (χ3v) is 5.41. The number of benzene rings is 2. The summed E-state index contributed by atoms with van der Waals surface area (Å²) in [4.78, 5) is 54.0. The number of Topliss-reactive ketones (excluding diaryl/α,β-unsaturated/α-hetero) is 4. The molecule has 0 aromatic heterocycles. The van der Waals surface area contributed by atoms with Crippen molar-refractivity contribution in [3.8, 4) is 23.0 Å². The van der Waals surface area contributed by atoms with Gasteiger partial charge in [-0.15, -0.1) is 0 Å². The minimum absolute atomic E-state index is 0.0755.